The van der Waals surface area contributed by atoms with Crippen molar-refractivity contribution < 1.29 is 0 Å². The molecule has 0 heterocycles. The summed E-state index contributed by atoms with van der Waals surface area (Å²) < 4.78 is 0. The van der Waals surface area contributed by atoms with Gasteiger partial charge in [-0.1, -0.05) is 38.1 Å². The molecule has 2 atom stereocenters. The molecule has 0 bridgehead atoms. The summed E-state index contributed by atoms with van der Waals surface area (Å²) in [5.41, 5.74) is 1.44. The van der Waals surface area contributed by atoms with Gasteiger partial charge in [0.25, 0.3) is 0 Å². The minimum Gasteiger partial charge on any atom is -0.106 e. The Balaban J connectivity index is 2.81. The first kappa shape index (κ1) is 8.74. The lowest BCUT2D eigenvalue weighted by Gasteiger charge is -2.07. The minimum absolute atomic E-state index is 0.695. The summed E-state index contributed by atoms with van der Waals surface area (Å²) in [4.78, 5) is 0. The maximum absolute atomic E-state index is 2.70. The van der Waals surface area contributed by atoms with Crippen LogP contribution in [-0.4, -0.2) is 0 Å². The zero-order valence-corrected chi connectivity index (χ0v) is 8.33. The Morgan fingerprint density at radius 2 is 1.82 bits per heavy atom. The molecule has 0 aliphatic carbocycles. The Hall–Kier alpha value is -0.350. The summed E-state index contributed by atoms with van der Waals surface area (Å²) in [6.45, 7) is 4.48. The van der Waals surface area contributed by atoms with Crippen LogP contribution in [-0.2, 0) is 0 Å². The van der Waals surface area contributed by atoms with Crippen molar-refractivity contribution in [2.45, 2.75) is 26.2 Å². The molecule has 0 aliphatic heterocycles. The molecule has 2 unspecified atom stereocenters. The summed E-state index contributed by atoms with van der Waals surface area (Å²) in [6.07, 6.45) is 1.22. The normalized spacial score (nSPS) is 13.0. The third-order valence-corrected chi connectivity index (χ3v) is 2.50. The molecule has 0 fully saturated rings. The van der Waals surface area contributed by atoms with Crippen molar-refractivity contribution in [3.63, 3.8) is 0 Å². The first-order valence-corrected chi connectivity index (χ1v) is 4.67. The molecule has 60 valence electrons. The predicted octanol–water partition coefficient (Wildman–Crippen LogP) is 2.70. The topological polar surface area (TPSA) is 0 Å². The molecule has 0 saturated heterocycles. The van der Waals surface area contributed by atoms with Crippen LogP contribution in [0.25, 0.3) is 0 Å². The molecule has 0 N–H and O–H groups in total. The fourth-order valence-corrected chi connectivity index (χ4v) is 1.25. The molecule has 0 saturated carbocycles. The van der Waals surface area contributed by atoms with Crippen molar-refractivity contribution in [1.29, 1.82) is 0 Å². The van der Waals surface area contributed by atoms with Crippen molar-refractivity contribution in [1.82, 2.24) is 0 Å². The second kappa shape index (κ2) is 3.88. The van der Waals surface area contributed by atoms with E-state index >= 15 is 0 Å². The van der Waals surface area contributed by atoms with Crippen molar-refractivity contribution >= 4 is 14.5 Å². The maximum atomic E-state index is 2.70. The predicted molar refractivity (Wildman–Crippen MR) is 54.5 cm³/mol. The second-order valence-electron chi connectivity index (χ2n) is 2.98. The van der Waals surface area contributed by atoms with E-state index in [1.807, 2.05) is 0 Å². The van der Waals surface area contributed by atoms with Crippen LogP contribution in [0.1, 0.15) is 31.7 Å². The number of benzene rings is 1. The van der Waals surface area contributed by atoms with E-state index in [2.05, 4.69) is 47.4 Å². The van der Waals surface area contributed by atoms with Crippen LogP contribution < -0.4 is 5.30 Å². The van der Waals surface area contributed by atoms with Gasteiger partial charge in [-0.2, -0.15) is 0 Å². The average Bonchev–Trinajstić information content (AvgIpc) is 2.05. The van der Waals surface area contributed by atoms with E-state index in [9.17, 15) is 0 Å². The summed E-state index contributed by atoms with van der Waals surface area (Å²) in [5.74, 6) is 0.695. The van der Waals surface area contributed by atoms with E-state index in [1.165, 1.54) is 17.3 Å². The van der Waals surface area contributed by atoms with Gasteiger partial charge in [-0.15, -0.1) is 9.24 Å². The molecular formula is C10H15P. The quantitative estimate of drug-likeness (QED) is 0.592. The third kappa shape index (κ3) is 2.31. The Kier molecular flexibility index (Phi) is 3.08. The van der Waals surface area contributed by atoms with Gasteiger partial charge in [-0.3, -0.25) is 0 Å². The van der Waals surface area contributed by atoms with E-state index in [-0.39, 0.29) is 0 Å². The van der Waals surface area contributed by atoms with E-state index in [0.717, 1.165) is 0 Å². The van der Waals surface area contributed by atoms with Crippen LogP contribution in [0.5, 0.6) is 0 Å². The summed E-state index contributed by atoms with van der Waals surface area (Å²) in [6, 6.07) is 8.70. The van der Waals surface area contributed by atoms with E-state index in [1.54, 1.807) is 0 Å². The van der Waals surface area contributed by atoms with Crippen LogP contribution in [0, 0.1) is 0 Å². The molecule has 0 amide bonds. The Morgan fingerprint density at radius 1 is 1.27 bits per heavy atom. The fraction of sp³-hybridized carbons (Fsp3) is 0.400. The second-order valence-corrected chi connectivity index (χ2v) is 3.64. The van der Waals surface area contributed by atoms with Crippen molar-refractivity contribution in [3.8, 4) is 0 Å². The van der Waals surface area contributed by atoms with Gasteiger partial charge in [-0.25, -0.2) is 0 Å². The highest BCUT2D eigenvalue weighted by Crippen LogP contribution is 2.16. The van der Waals surface area contributed by atoms with Gasteiger partial charge in [0.05, 0.1) is 0 Å². The number of rotatable bonds is 2. The molecule has 0 radical (unpaired) electrons. The Labute approximate surface area is 71.2 Å². The summed E-state index contributed by atoms with van der Waals surface area (Å²) in [7, 11) is 2.70. The highest BCUT2D eigenvalue weighted by Gasteiger charge is 2.00. The summed E-state index contributed by atoms with van der Waals surface area (Å²) >= 11 is 0. The van der Waals surface area contributed by atoms with Crippen LogP contribution >= 0.6 is 9.24 Å². The molecule has 1 rings (SSSR count). The minimum atomic E-state index is 0.695. The van der Waals surface area contributed by atoms with Gasteiger partial charge in [0.15, 0.2) is 0 Å². The zero-order valence-electron chi connectivity index (χ0n) is 7.17. The van der Waals surface area contributed by atoms with E-state index in [0.29, 0.717) is 5.92 Å². The molecule has 0 aromatic heterocycles. The molecule has 0 spiro atoms. The van der Waals surface area contributed by atoms with Gasteiger partial charge in [0, 0.05) is 0 Å². The van der Waals surface area contributed by atoms with Crippen LogP contribution in [0.4, 0.5) is 0 Å². The lowest BCUT2D eigenvalue weighted by molar-refractivity contribution is 0.734. The maximum Gasteiger partial charge on any atom is -0.0193 e. The molecule has 1 aromatic rings. The standard InChI is InChI=1S/C10H15P/c1-3-8(2)9-4-6-10(11)7-5-9/h4-8H,3,11H2,1-2H3. The van der Waals surface area contributed by atoms with Crippen molar-refractivity contribution in [3.05, 3.63) is 29.8 Å². The first-order valence-electron chi connectivity index (χ1n) is 4.09. The zero-order chi connectivity index (χ0) is 8.27. The van der Waals surface area contributed by atoms with Crippen molar-refractivity contribution in [2.24, 2.45) is 0 Å². The largest absolute Gasteiger partial charge is 0.106 e. The van der Waals surface area contributed by atoms with E-state index < -0.39 is 0 Å². The summed E-state index contributed by atoms with van der Waals surface area (Å²) in [5, 5.41) is 1.26. The first-order chi connectivity index (χ1) is 5.24. The van der Waals surface area contributed by atoms with Gasteiger partial charge < -0.3 is 0 Å². The van der Waals surface area contributed by atoms with Crippen LogP contribution in [0.2, 0.25) is 0 Å². The molecule has 11 heavy (non-hydrogen) atoms. The molecule has 1 heteroatoms. The van der Waals surface area contributed by atoms with Gasteiger partial charge in [0.1, 0.15) is 0 Å². The monoisotopic (exact) mass is 166 g/mol. The molecule has 0 nitrogen and oxygen atoms in total. The molecule has 0 aliphatic rings. The third-order valence-electron chi connectivity index (χ3n) is 2.12. The SMILES string of the molecule is CCC(C)c1ccc(P)cc1. The van der Waals surface area contributed by atoms with Crippen LogP contribution in [0.15, 0.2) is 24.3 Å². The van der Waals surface area contributed by atoms with Crippen molar-refractivity contribution in [2.75, 3.05) is 0 Å². The highest BCUT2D eigenvalue weighted by atomic mass is 31.0. The smallest absolute Gasteiger partial charge is 0.0193 e. The Morgan fingerprint density at radius 3 is 2.27 bits per heavy atom. The Bertz CT molecular complexity index is 213. The van der Waals surface area contributed by atoms with Gasteiger partial charge in [0.2, 0.25) is 0 Å². The fourth-order valence-electron chi connectivity index (χ4n) is 1.06. The highest BCUT2D eigenvalue weighted by molar-refractivity contribution is 7.27. The molecular weight excluding hydrogens is 151 g/mol. The van der Waals surface area contributed by atoms with Crippen LogP contribution in [0.3, 0.4) is 0 Å². The molecule has 1 aromatic carbocycles. The number of hydrogen-bond acceptors (Lipinski definition) is 0. The average molecular weight is 166 g/mol. The van der Waals surface area contributed by atoms with Gasteiger partial charge >= 0.3 is 0 Å². The van der Waals surface area contributed by atoms with Gasteiger partial charge in [-0.05, 0) is 23.2 Å². The number of hydrogen-bond donors (Lipinski definition) is 0. The lowest BCUT2D eigenvalue weighted by Crippen LogP contribution is -1.94. The lowest BCUT2D eigenvalue weighted by atomic mass is 9.99. The van der Waals surface area contributed by atoms with E-state index in [4.69, 9.17) is 0 Å².